The second kappa shape index (κ2) is 9.96. The molecule has 0 saturated carbocycles. The minimum Gasteiger partial charge on any atom is -0.497 e. The van der Waals surface area contributed by atoms with Crippen molar-refractivity contribution >= 4 is 17.7 Å². The molecular formula is C20H21NO7. The van der Waals surface area contributed by atoms with E-state index in [4.69, 9.17) is 18.9 Å². The first-order chi connectivity index (χ1) is 13.5. The summed E-state index contributed by atoms with van der Waals surface area (Å²) in [5, 5.41) is 2.43. The van der Waals surface area contributed by atoms with Gasteiger partial charge in [-0.05, 0) is 36.4 Å². The number of amides is 1. The zero-order valence-corrected chi connectivity index (χ0v) is 15.8. The van der Waals surface area contributed by atoms with E-state index in [0.717, 1.165) is 0 Å². The van der Waals surface area contributed by atoms with Crippen molar-refractivity contribution in [3.8, 4) is 17.2 Å². The van der Waals surface area contributed by atoms with E-state index in [1.54, 1.807) is 36.4 Å². The Kier molecular flexibility index (Phi) is 7.38. The van der Waals surface area contributed by atoms with Crippen LogP contribution in [0.4, 0.5) is 0 Å². The lowest BCUT2D eigenvalue weighted by atomic mass is 10.1. The third-order valence-electron chi connectivity index (χ3n) is 3.82. The monoisotopic (exact) mass is 387 g/mol. The van der Waals surface area contributed by atoms with Crippen LogP contribution in [0, 0.1) is 0 Å². The lowest BCUT2D eigenvalue weighted by molar-refractivity contribution is -0.141. The number of nitrogens with one attached hydrogen (secondary N) is 1. The van der Waals surface area contributed by atoms with Crippen LogP contribution in [0.15, 0.2) is 42.5 Å². The standard InChI is InChI=1S/C20H21NO7/c1-25-14-6-4-13(5-7-14)20(24)21-11-19(23)28-12-17(22)16-9-8-15(26-2)10-18(16)27-3/h4-10H,11-12H2,1-3H3,(H,21,24). The van der Waals surface area contributed by atoms with Crippen LogP contribution in [-0.2, 0) is 9.53 Å². The highest BCUT2D eigenvalue weighted by atomic mass is 16.5. The third kappa shape index (κ3) is 5.47. The maximum atomic E-state index is 12.3. The molecule has 2 rings (SSSR count). The molecule has 28 heavy (non-hydrogen) atoms. The highest BCUT2D eigenvalue weighted by molar-refractivity contribution is 6.01. The molecule has 0 radical (unpaired) electrons. The van der Waals surface area contributed by atoms with Crippen LogP contribution in [-0.4, -0.2) is 52.1 Å². The van der Waals surface area contributed by atoms with E-state index in [9.17, 15) is 14.4 Å². The summed E-state index contributed by atoms with van der Waals surface area (Å²) < 4.78 is 20.2. The van der Waals surface area contributed by atoms with E-state index in [2.05, 4.69) is 5.32 Å². The van der Waals surface area contributed by atoms with Gasteiger partial charge in [-0.3, -0.25) is 14.4 Å². The average Bonchev–Trinajstić information content (AvgIpc) is 2.75. The van der Waals surface area contributed by atoms with Crippen molar-refractivity contribution in [2.75, 3.05) is 34.5 Å². The first-order valence-corrected chi connectivity index (χ1v) is 8.31. The molecule has 148 valence electrons. The quantitative estimate of drug-likeness (QED) is 0.518. The zero-order valence-electron chi connectivity index (χ0n) is 15.8. The van der Waals surface area contributed by atoms with Gasteiger partial charge in [0.25, 0.3) is 5.91 Å². The van der Waals surface area contributed by atoms with Gasteiger partial charge in [-0.15, -0.1) is 0 Å². The number of methoxy groups -OCH3 is 3. The molecular weight excluding hydrogens is 366 g/mol. The smallest absolute Gasteiger partial charge is 0.325 e. The molecule has 0 spiro atoms. The Morgan fingerprint density at radius 1 is 0.857 bits per heavy atom. The van der Waals surface area contributed by atoms with Crippen LogP contribution in [0.3, 0.4) is 0 Å². The molecule has 0 bridgehead atoms. The molecule has 1 amide bonds. The van der Waals surface area contributed by atoms with Crippen molar-refractivity contribution in [1.29, 1.82) is 0 Å². The van der Waals surface area contributed by atoms with Gasteiger partial charge in [0.05, 0.1) is 26.9 Å². The number of carbonyl (C=O) groups is 3. The van der Waals surface area contributed by atoms with Gasteiger partial charge in [-0.1, -0.05) is 0 Å². The van der Waals surface area contributed by atoms with Crippen LogP contribution in [0.25, 0.3) is 0 Å². The number of ether oxygens (including phenoxy) is 4. The number of hydrogen-bond acceptors (Lipinski definition) is 7. The maximum Gasteiger partial charge on any atom is 0.325 e. The first kappa shape index (κ1) is 20.8. The largest absolute Gasteiger partial charge is 0.497 e. The van der Waals surface area contributed by atoms with Crippen molar-refractivity contribution in [3.05, 3.63) is 53.6 Å². The number of benzene rings is 2. The number of hydrogen-bond donors (Lipinski definition) is 1. The fourth-order valence-electron chi connectivity index (χ4n) is 2.30. The van der Waals surface area contributed by atoms with Crippen molar-refractivity contribution in [2.24, 2.45) is 0 Å². The molecule has 0 aliphatic rings. The number of ketones is 1. The minimum absolute atomic E-state index is 0.262. The Bertz CT molecular complexity index is 846. The Hall–Kier alpha value is -3.55. The maximum absolute atomic E-state index is 12.3. The van der Waals surface area contributed by atoms with Crippen LogP contribution in [0.2, 0.25) is 0 Å². The molecule has 0 unspecified atom stereocenters. The van der Waals surface area contributed by atoms with Crippen LogP contribution >= 0.6 is 0 Å². The van der Waals surface area contributed by atoms with E-state index in [1.807, 2.05) is 0 Å². The Morgan fingerprint density at radius 3 is 2.11 bits per heavy atom. The molecule has 0 atom stereocenters. The molecule has 8 heteroatoms. The van der Waals surface area contributed by atoms with E-state index in [-0.39, 0.29) is 12.1 Å². The van der Waals surface area contributed by atoms with E-state index < -0.39 is 24.3 Å². The van der Waals surface area contributed by atoms with Gasteiger partial charge < -0.3 is 24.3 Å². The second-order valence-electron chi connectivity index (χ2n) is 5.56. The van der Waals surface area contributed by atoms with Gasteiger partial charge in [0.15, 0.2) is 6.61 Å². The van der Waals surface area contributed by atoms with Gasteiger partial charge in [0.1, 0.15) is 23.8 Å². The van der Waals surface area contributed by atoms with Crippen molar-refractivity contribution in [1.82, 2.24) is 5.32 Å². The van der Waals surface area contributed by atoms with Crippen molar-refractivity contribution < 1.29 is 33.3 Å². The van der Waals surface area contributed by atoms with Crippen LogP contribution in [0.1, 0.15) is 20.7 Å². The third-order valence-corrected chi connectivity index (χ3v) is 3.82. The normalized spacial score (nSPS) is 9.96. The van der Waals surface area contributed by atoms with E-state index in [1.165, 1.54) is 27.4 Å². The minimum atomic E-state index is -0.734. The highest BCUT2D eigenvalue weighted by Crippen LogP contribution is 2.24. The number of rotatable bonds is 9. The van der Waals surface area contributed by atoms with Gasteiger partial charge in [0, 0.05) is 11.6 Å². The molecule has 0 heterocycles. The number of esters is 1. The predicted molar refractivity (Wildman–Crippen MR) is 100 cm³/mol. The fourth-order valence-corrected chi connectivity index (χ4v) is 2.30. The first-order valence-electron chi connectivity index (χ1n) is 8.31. The lowest BCUT2D eigenvalue weighted by Gasteiger charge is -2.10. The van der Waals surface area contributed by atoms with Gasteiger partial charge in [-0.25, -0.2) is 0 Å². The summed E-state index contributed by atoms with van der Waals surface area (Å²) in [5.41, 5.74) is 0.631. The SMILES string of the molecule is COc1ccc(C(=O)NCC(=O)OCC(=O)c2ccc(OC)cc2OC)cc1. The Labute approximate surface area is 162 Å². The van der Waals surface area contributed by atoms with Crippen LogP contribution < -0.4 is 19.5 Å². The molecule has 0 aliphatic carbocycles. The lowest BCUT2D eigenvalue weighted by Crippen LogP contribution is -2.31. The summed E-state index contributed by atoms with van der Waals surface area (Å²) in [6, 6.07) is 11.1. The fraction of sp³-hybridized carbons (Fsp3) is 0.250. The highest BCUT2D eigenvalue weighted by Gasteiger charge is 2.16. The zero-order chi connectivity index (χ0) is 20.5. The molecule has 2 aromatic carbocycles. The molecule has 0 fully saturated rings. The molecule has 1 N–H and O–H groups in total. The summed E-state index contributed by atoms with van der Waals surface area (Å²) in [4.78, 5) is 36.1. The summed E-state index contributed by atoms with van der Waals surface area (Å²) >= 11 is 0. The Balaban J connectivity index is 1.84. The average molecular weight is 387 g/mol. The summed E-state index contributed by atoms with van der Waals surface area (Å²) in [7, 11) is 4.44. The predicted octanol–water partition coefficient (Wildman–Crippen LogP) is 1.87. The topological polar surface area (TPSA) is 100 Å². The van der Waals surface area contributed by atoms with E-state index >= 15 is 0 Å². The van der Waals surface area contributed by atoms with Gasteiger partial charge >= 0.3 is 5.97 Å². The van der Waals surface area contributed by atoms with Crippen LogP contribution in [0.5, 0.6) is 17.2 Å². The molecule has 8 nitrogen and oxygen atoms in total. The van der Waals surface area contributed by atoms with E-state index in [0.29, 0.717) is 22.8 Å². The molecule has 2 aromatic rings. The number of carbonyl (C=O) groups excluding carboxylic acids is 3. The molecule has 0 aromatic heterocycles. The molecule has 0 saturated heterocycles. The summed E-state index contributed by atoms with van der Waals surface area (Å²) in [5.74, 6) is -0.150. The van der Waals surface area contributed by atoms with Crippen molar-refractivity contribution in [2.45, 2.75) is 0 Å². The summed E-state index contributed by atoms with van der Waals surface area (Å²) in [6.07, 6.45) is 0. The van der Waals surface area contributed by atoms with Gasteiger partial charge in [-0.2, -0.15) is 0 Å². The van der Waals surface area contributed by atoms with Crippen molar-refractivity contribution in [3.63, 3.8) is 0 Å². The summed E-state index contributed by atoms with van der Waals surface area (Å²) in [6.45, 7) is -0.835. The second-order valence-corrected chi connectivity index (χ2v) is 5.56. The molecule has 0 aliphatic heterocycles. The Morgan fingerprint density at radius 2 is 1.50 bits per heavy atom. The van der Waals surface area contributed by atoms with Gasteiger partial charge in [0.2, 0.25) is 5.78 Å². The number of Topliss-reactive ketones (excluding diaryl/α,β-unsaturated/α-hetero) is 1.